The lowest BCUT2D eigenvalue weighted by molar-refractivity contribution is -0.147. The van der Waals surface area contributed by atoms with E-state index in [0.717, 1.165) is 16.5 Å². The molecule has 1 aromatic heterocycles. The van der Waals surface area contributed by atoms with E-state index in [1.807, 2.05) is 25.1 Å². The van der Waals surface area contributed by atoms with Crippen LogP contribution in [0.4, 0.5) is 0 Å². The highest BCUT2D eigenvalue weighted by Gasteiger charge is 2.18. The highest BCUT2D eigenvalue weighted by atomic mass is 16.4. The van der Waals surface area contributed by atoms with Crippen molar-refractivity contribution in [2.24, 2.45) is 0 Å². The van der Waals surface area contributed by atoms with E-state index in [9.17, 15) is 9.90 Å². The van der Waals surface area contributed by atoms with Crippen molar-refractivity contribution in [2.45, 2.75) is 13.0 Å². The predicted octanol–water partition coefficient (Wildman–Crippen LogP) is 1.59. The SMILES string of the molecule is Cc1cccc2[nH]c(C(O)C(=O)O)cc12. The maximum absolute atomic E-state index is 10.6. The summed E-state index contributed by atoms with van der Waals surface area (Å²) in [7, 11) is 0. The number of aryl methyl sites for hydroxylation is 1. The molecule has 0 saturated carbocycles. The molecule has 0 spiro atoms. The van der Waals surface area contributed by atoms with E-state index in [2.05, 4.69) is 4.98 Å². The fourth-order valence-electron chi connectivity index (χ4n) is 1.61. The number of fused-ring (bicyclic) bond motifs is 1. The minimum absolute atomic E-state index is 0.312. The summed E-state index contributed by atoms with van der Waals surface area (Å²) in [5, 5.41) is 19.0. The van der Waals surface area contributed by atoms with Crippen molar-refractivity contribution in [3.8, 4) is 0 Å². The third-order valence-electron chi connectivity index (χ3n) is 2.43. The van der Waals surface area contributed by atoms with E-state index in [0.29, 0.717) is 5.69 Å². The number of aromatic amines is 1. The van der Waals surface area contributed by atoms with E-state index >= 15 is 0 Å². The third-order valence-corrected chi connectivity index (χ3v) is 2.43. The second kappa shape index (κ2) is 3.40. The number of aromatic nitrogens is 1. The Labute approximate surface area is 86.2 Å². The van der Waals surface area contributed by atoms with Crippen molar-refractivity contribution in [3.63, 3.8) is 0 Å². The average molecular weight is 205 g/mol. The first-order valence-electron chi connectivity index (χ1n) is 4.58. The van der Waals surface area contributed by atoms with Crippen molar-refractivity contribution >= 4 is 16.9 Å². The van der Waals surface area contributed by atoms with Crippen LogP contribution < -0.4 is 0 Å². The second-order valence-corrected chi connectivity index (χ2v) is 3.50. The quantitative estimate of drug-likeness (QED) is 0.697. The van der Waals surface area contributed by atoms with Gasteiger partial charge >= 0.3 is 5.97 Å². The molecule has 0 saturated heterocycles. The van der Waals surface area contributed by atoms with Crippen LogP contribution in [0.5, 0.6) is 0 Å². The molecule has 0 bridgehead atoms. The maximum atomic E-state index is 10.6. The van der Waals surface area contributed by atoms with Crippen LogP contribution in [-0.2, 0) is 4.79 Å². The van der Waals surface area contributed by atoms with Crippen LogP contribution in [0.2, 0.25) is 0 Å². The lowest BCUT2D eigenvalue weighted by Crippen LogP contribution is -2.10. The average Bonchev–Trinajstić information content (AvgIpc) is 2.61. The van der Waals surface area contributed by atoms with Crippen molar-refractivity contribution in [1.29, 1.82) is 0 Å². The van der Waals surface area contributed by atoms with Crippen LogP contribution in [-0.4, -0.2) is 21.2 Å². The summed E-state index contributed by atoms with van der Waals surface area (Å²) < 4.78 is 0. The summed E-state index contributed by atoms with van der Waals surface area (Å²) in [6.45, 7) is 1.94. The highest BCUT2D eigenvalue weighted by molar-refractivity contribution is 5.85. The van der Waals surface area contributed by atoms with Gasteiger partial charge in [-0.3, -0.25) is 0 Å². The Morgan fingerprint density at radius 3 is 2.80 bits per heavy atom. The smallest absolute Gasteiger partial charge is 0.338 e. The number of benzene rings is 1. The first-order chi connectivity index (χ1) is 7.09. The van der Waals surface area contributed by atoms with Crippen LogP contribution >= 0.6 is 0 Å². The van der Waals surface area contributed by atoms with Gasteiger partial charge in [0.1, 0.15) is 0 Å². The summed E-state index contributed by atoms with van der Waals surface area (Å²) in [5.74, 6) is -1.25. The molecule has 0 fully saturated rings. The van der Waals surface area contributed by atoms with Gasteiger partial charge in [0.15, 0.2) is 6.10 Å². The Morgan fingerprint density at radius 1 is 1.47 bits per heavy atom. The molecule has 1 atom stereocenters. The number of carboxylic acid groups (broad SMARTS) is 1. The third kappa shape index (κ3) is 1.59. The number of carboxylic acids is 1. The molecule has 4 heteroatoms. The van der Waals surface area contributed by atoms with Crippen molar-refractivity contribution < 1.29 is 15.0 Å². The molecule has 15 heavy (non-hydrogen) atoms. The van der Waals surface area contributed by atoms with E-state index in [-0.39, 0.29) is 0 Å². The molecular weight excluding hydrogens is 194 g/mol. The summed E-state index contributed by atoms with van der Waals surface area (Å²) in [6.07, 6.45) is -1.49. The minimum atomic E-state index is -1.49. The molecule has 1 unspecified atom stereocenters. The van der Waals surface area contributed by atoms with Crippen LogP contribution in [0.1, 0.15) is 17.4 Å². The minimum Gasteiger partial charge on any atom is -0.479 e. The number of carbonyl (C=O) groups is 1. The zero-order valence-electron chi connectivity index (χ0n) is 8.19. The van der Waals surface area contributed by atoms with E-state index in [1.54, 1.807) is 6.07 Å². The number of rotatable bonds is 2. The summed E-state index contributed by atoms with van der Waals surface area (Å²) in [4.78, 5) is 13.5. The number of aliphatic carboxylic acids is 1. The molecule has 78 valence electrons. The van der Waals surface area contributed by atoms with Crippen LogP contribution in [0, 0.1) is 6.92 Å². The standard InChI is InChI=1S/C11H11NO3/c1-6-3-2-4-8-7(6)5-9(12-8)10(13)11(14)15/h2-5,10,12-13H,1H3,(H,14,15). The first-order valence-corrected chi connectivity index (χ1v) is 4.58. The fourth-order valence-corrected chi connectivity index (χ4v) is 1.61. The number of aliphatic hydroxyl groups excluding tert-OH is 1. The van der Waals surface area contributed by atoms with E-state index in [4.69, 9.17) is 5.11 Å². The first kappa shape index (κ1) is 9.73. The lowest BCUT2D eigenvalue weighted by Gasteiger charge is -2.00. The second-order valence-electron chi connectivity index (χ2n) is 3.50. The molecular formula is C11H11NO3. The topological polar surface area (TPSA) is 73.3 Å². The molecule has 0 aliphatic carbocycles. The summed E-state index contributed by atoms with van der Waals surface area (Å²) in [5.41, 5.74) is 2.20. The molecule has 1 aromatic carbocycles. The highest BCUT2D eigenvalue weighted by Crippen LogP contribution is 2.22. The molecule has 0 aliphatic rings. The normalized spacial score (nSPS) is 12.9. The number of hydrogen-bond donors (Lipinski definition) is 3. The maximum Gasteiger partial charge on any atom is 0.338 e. The molecule has 1 heterocycles. The largest absolute Gasteiger partial charge is 0.479 e. The van der Waals surface area contributed by atoms with Gasteiger partial charge in [0.2, 0.25) is 0 Å². The summed E-state index contributed by atoms with van der Waals surface area (Å²) in [6, 6.07) is 7.34. The van der Waals surface area contributed by atoms with Gasteiger partial charge < -0.3 is 15.2 Å². The number of nitrogens with one attached hydrogen (secondary N) is 1. The monoisotopic (exact) mass is 205 g/mol. The van der Waals surface area contributed by atoms with E-state index < -0.39 is 12.1 Å². The van der Waals surface area contributed by atoms with Crippen LogP contribution in [0.25, 0.3) is 10.9 Å². The van der Waals surface area contributed by atoms with Gasteiger partial charge in [-0.15, -0.1) is 0 Å². The van der Waals surface area contributed by atoms with Crippen molar-refractivity contribution in [1.82, 2.24) is 4.98 Å². The molecule has 3 N–H and O–H groups in total. The Hall–Kier alpha value is -1.81. The Bertz CT molecular complexity index is 516. The van der Waals surface area contributed by atoms with Crippen LogP contribution in [0.3, 0.4) is 0 Å². The fraction of sp³-hybridized carbons (Fsp3) is 0.182. The van der Waals surface area contributed by atoms with Gasteiger partial charge in [-0.25, -0.2) is 4.79 Å². The van der Waals surface area contributed by atoms with Crippen molar-refractivity contribution in [2.75, 3.05) is 0 Å². The van der Waals surface area contributed by atoms with Gasteiger partial charge in [-0.1, -0.05) is 12.1 Å². The lowest BCUT2D eigenvalue weighted by atomic mass is 10.1. The van der Waals surface area contributed by atoms with Gasteiger partial charge in [0, 0.05) is 10.9 Å². The number of aliphatic hydroxyl groups is 1. The summed E-state index contributed by atoms with van der Waals surface area (Å²) >= 11 is 0. The van der Waals surface area contributed by atoms with Crippen molar-refractivity contribution in [3.05, 3.63) is 35.5 Å². The predicted molar refractivity (Wildman–Crippen MR) is 55.6 cm³/mol. The Kier molecular flexibility index (Phi) is 2.21. The number of hydrogen-bond acceptors (Lipinski definition) is 2. The molecule has 4 nitrogen and oxygen atoms in total. The zero-order valence-corrected chi connectivity index (χ0v) is 8.19. The zero-order chi connectivity index (χ0) is 11.0. The van der Waals surface area contributed by atoms with Gasteiger partial charge in [-0.05, 0) is 24.6 Å². The Morgan fingerprint density at radius 2 is 2.20 bits per heavy atom. The molecule has 2 rings (SSSR count). The number of H-pyrrole nitrogens is 1. The van der Waals surface area contributed by atoms with Gasteiger partial charge in [0.25, 0.3) is 0 Å². The van der Waals surface area contributed by atoms with E-state index in [1.165, 1.54) is 0 Å². The van der Waals surface area contributed by atoms with Crippen LogP contribution in [0.15, 0.2) is 24.3 Å². The molecule has 0 radical (unpaired) electrons. The van der Waals surface area contributed by atoms with Gasteiger partial charge in [-0.2, -0.15) is 0 Å². The molecule has 0 aliphatic heterocycles. The molecule has 2 aromatic rings. The van der Waals surface area contributed by atoms with Gasteiger partial charge in [0.05, 0.1) is 5.69 Å². The Balaban J connectivity index is 2.56. The molecule has 0 amide bonds.